The van der Waals surface area contributed by atoms with E-state index in [2.05, 4.69) is 36.5 Å². The Morgan fingerprint density at radius 1 is 1.05 bits per heavy atom. The molecule has 1 N–H and O–H groups in total. The average Bonchev–Trinajstić information content (AvgIpc) is 2.49. The van der Waals surface area contributed by atoms with Gasteiger partial charge in [0.25, 0.3) is 0 Å². The van der Waals surface area contributed by atoms with Crippen molar-refractivity contribution in [1.29, 1.82) is 0 Å². The molecule has 0 heterocycles. The lowest BCUT2D eigenvalue weighted by molar-refractivity contribution is 0.617. The Morgan fingerprint density at radius 2 is 1.76 bits per heavy atom. The van der Waals surface area contributed by atoms with Crippen LogP contribution in [0.1, 0.15) is 11.1 Å². The summed E-state index contributed by atoms with van der Waals surface area (Å²) in [5.74, 6) is 1.01. The maximum atomic E-state index is 6.07. The fraction of sp³-hybridized carbons (Fsp3) is 0.294. The molecule has 0 amide bonds. The van der Waals surface area contributed by atoms with Gasteiger partial charge in [-0.25, -0.2) is 0 Å². The first-order chi connectivity index (χ1) is 10.1. The Labute approximate surface area is 141 Å². The molecule has 0 aromatic heterocycles. The minimum absolute atomic E-state index is 0.397. The van der Waals surface area contributed by atoms with Crippen LogP contribution in [0.5, 0.6) is 0 Å². The highest BCUT2D eigenvalue weighted by atomic mass is 35.5. The third-order valence-corrected chi connectivity index (χ3v) is 5.26. The number of hydrogen-bond donors (Lipinski definition) is 1. The molecule has 0 aliphatic rings. The number of halogens is 2. The molecule has 1 nitrogen and oxygen atoms in total. The number of thioether (sulfide) groups is 1. The van der Waals surface area contributed by atoms with Crippen LogP contribution in [0.2, 0.25) is 10.0 Å². The van der Waals surface area contributed by atoms with Crippen LogP contribution in [-0.4, -0.2) is 18.8 Å². The fourth-order valence-corrected chi connectivity index (χ4v) is 3.35. The van der Waals surface area contributed by atoms with Crippen molar-refractivity contribution in [2.24, 2.45) is 0 Å². The monoisotopic (exact) mass is 339 g/mol. The second-order valence-electron chi connectivity index (χ2n) is 5.06. The number of hydrogen-bond acceptors (Lipinski definition) is 2. The maximum absolute atomic E-state index is 6.07. The SMILES string of the molecule is CNC(CSc1ccc(C)cc1)Cc1ccc(Cl)c(Cl)c1. The van der Waals surface area contributed by atoms with E-state index in [-0.39, 0.29) is 0 Å². The van der Waals surface area contributed by atoms with Gasteiger partial charge in [-0.3, -0.25) is 0 Å². The maximum Gasteiger partial charge on any atom is 0.0595 e. The molecule has 0 radical (unpaired) electrons. The van der Waals surface area contributed by atoms with E-state index in [0.717, 1.165) is 12.2 Å². The number of rotatable bonds is 6. The van der Waals surface area contributed by atoms with Crippen molar-refractivity contribution in [3.05, 3.63) is 63.6 Å². The van der Waals surface area contributed by atoms with Crippen LogP contribution in [0.25, 0.3) is 0 Å². The predicted molar refractivity (Wildman–Crippen MR) is 94.9 cm³/mol. The molecule has 21 heavy (non-hydrogen) atoms. The molecular formula is C17H19Cl2NS. The third-order valence-electron chi connectivity index (χ3n) is 3.35. The van der Waals surface area contributed by atoms with Gasteiger partial charge in [-0.2, -0.15) is 0 Å². The molecular weight excluding hydrogens is 321 g/mol. The van der Waals surface area contributed by atoms with Gasteiger partial charge in [-0.1, -0.05) is 47.0 Å². The van der Waals surface area contributed by atoms with Crippen molar-refractivity contribution in [3.63, 3.8) is 0 Å². The van der Waals surface area contributed by atoms with Crippen molar-refractivity contribution in [2.45, 2.75) is 24.3 Å². The van der Waals surface area contributed by atoms with Crippen molar-refractivity contribution < 1.29 is 0 Å². The summed E-state index contributed by atoms with van der Waals surface area (Å²) in [6.45, 7) is 2.11. The van der Waals surface area contributed by atoms with Crippen molar-refractivity contribution in [1.82, 2.24) is 5.32 Å². The van der Waals surface area contributed by atoms with Gasteiger partial charge >= 0.3 is 0 Å². The van der Waals surface area contributed by atoms with E-state index in [1.165, 1.54) is 16.0 Å². The number of likely N-dealkylation sites (N-methyl/N-ethyl adjacent to an activating group) is 1. The highest BCUT2D eigenvalue weighted by molar-refractivity contribution is 7.99. The molecule has 2 rings (SSSR count). The molecule has 0 fully saturated rings. The van der Waals surface area contributed by atoms with Gasteiger partial charge < -0.3 is 5.32 Å². The summed E-state index contributed by atoms with van der Waals surface area (Å²) in [6, 6.07) is 14.9. The van der Waals surface area contributed by atoms with E-state index in [1.54, 1.807) is 0 Å². The van der Waals surface area contributed by atoms with Crippen LogP contribution >= 0.6 is 35.0 Å². The zero-order chi connectivity index (χ0) is 15.2. The lowest BCUT2D eigenvalue weighted by atomic mass is 10.1. The second kappa shape index (κ2) is 8.09. The minimum Gasteiger partial charge on any atom is -0.316 e. The number of nitrogens with one attached hydrogen (secondary N) is 1. The van der Waals surface area contributed by atoms with Gasteiger partial charge in [0.05, 0.1) is 10.0 Å². The van der Waals surface area contributed by atoms with Crippen LogP contribution in [0.15, 0.2) is 47.4 Å². The Balaban J connectivity index is 1.93. The highest BCUT2D eigenvalue weighted by Crippen LogP contribution is 2.24. The molecule has 2 aromatic carbocycles. The molecule has 112 valence electrons. The van der Waals surface area contributed by atoms with Gasteiger partial charge in [0.2, 0.25) is 0 Å². The second-order valence-corrected chi connectivity index (χ2v) is 6.97. The van der Waals surface area contributed by atoms with Gasteiger partial charge in [0.1, 0.15) is 0 Å². The Kier molecular flexibility index (Phi) is 6.43. The smallest absolute Gasteiger partial charge is 0.0595 e. The molecule has 0 saturated carbocycles. The highest BCUT2D eigenvalue weighted by Gasteiger charge is 2.09. The van der Waals surface area contributed by atoms with Gasteiger partial charge in [0, 0.05) is 16.7 Å². The summed E-state index contributed by atoms with van der Waals surface area (Å²) < 4.78 is 0. The predicted octanol–water partition coefficient (Wildman–Crippen LogP) is 5.22. The fourth-order valence-electron chi connectivity index (χ4n) is 2.03. The zero-order valence-electron chi connectivity index (χ0n) is 12.2. The largest absolute Gasteiger partial charge is 0.316 e. The third kappa shape index (κ3) is 5.23. The first-order valence-electron chi connectivity index (χ1n) is 6.89. The van der Waals surface area contributed by atoms with Crippen LogP contribution < -0.4 is 5.32 Å². The summed E-state index contributed by atoms with van der Waals surface area (Å²) in [5, 5.41) is 4.60. The molecule has 2 aromatic rings. The van der Waals surface area contributed by atoms with E-state index >= 15 is 0 Å². The van der Waals surface area contributed by atoms with Crippen molar-refractivity contribution in [3.8, 4) is 0 Å². The van der Waals surface area contributed by atoms with Crippen LogP contribution in [0, 0.1) is 6.92 Å². The first kappa shape index (κ1) is 16.7. The number of benzene rings is 2. The lowest BCUT2D eigenvalue weighted by Crippen LogP contribution is -2.30. The summed E-state index contributed by atoms with van der Waals surface area (Å²) in [6.07, 6.45) is 0.937. The summed E-state index contributed by atoms with van der Waals surface area (Å²) in [5.41, 5.74) is 2.49. The van der Waals surface area contributed by atoms with Crippen LogP contribution in [0.4, 0.5) is 0 Å². The molecule has 1 unspecified atom stereocenters. The quantitative estimate of drug-likeness (QED) is 0.723. The standard InChI is InChI=1S/C17H19Cl2NS/c1-12-3-6-15(7-4-12)21-11-14(20-2)9-13-5-8-16(18)17(19)10-13/h3-8,10,14,20H,9,11H2,1-2H3. The van der Waals surface area contributed by atoms with E-state index in [4.69, 9.17) is 23.2 Å². The Morgan fingerprint density at radius 3 is 2.38 bits per heavy atom. The van der Waals surface area contributed by atoms with Crippen molar-refractivity contribution >= 4 is 35.0 Å². The normalized spacial score (nSPS) is 12.4. The molecule has 0 aliphatic heterocycles. The minimum atomic E-state index is 0.397. The average molecular weight is 340 g/mol. The Bertz CT molecular complexity index is 584. The lowest BCUT2D eigenvalue weighted by Gasteiger charge is -2.16. The van der Waals surface area contributed by atoms with E-state index in [0.29, 0.717) is 16.1 Å². The molecule has 0 spiro atoms. The zero-order valence-corrected chi connectivity index (χ0v) is 14.5. The summed E-state index contributed by atoms with van der Waals surface area (Å²) >= 11 is 13.9. The molecule has 4 heteroatoms. The van der Waals surface area contributed by atoms with Crippen LogP contribution in [-0.2, 0) is 6.42 Å². The molecule has 0 saturated heterocycles. The first-order valence-corrected chi connectivity index (χ1v) is 8.63. The van der Waals surface area contributed by atoms with E-state index in [9.17, 15) is 0 Å². The van der Waals surface area contributed by atoms with Crippen LogP contribution in [0.3, 0.4) is 0 Å². The molecule has 1 atom stereocenters. The Hall–Kier alpha value is -0.670. The topological polar surface area (TPSA) is 12.0 Å². The van der Waals surface area contributed by atoms with Gasteiger partial charge in [0.15, 0.2) is 0 Å². The molecule has 0 bridgehead atoms. The summed E-state index contributed by atoms with van der Waals surface area (Å²) in [7, 11) is 2.00. The number of aryl methyl sites for hydroxylation is 1. The summed E-state index contributed by atoms with van der Waals surface area (Å²) in [4.78, 5) is 1.30. The van der Waals surface area contributed by atoms with Gasteiger partial charge in [-0.05, 0) is 50.2 Å². The van der Waals surface area contributed by atoms with Gasteiger partial charge in [-0.15, -0.1) is 11.8 Å². The molecule has 0 aliphatic carbocycles. The van der Waals surface area contributed by atoms with Crippen molar-refractivity contribution in [2.75, 3.05) is 12.8 Å². The van der Waals surface area contributed by atoms with E-state index < -0.39 is 0 Å². The van der Waals surface area contributed by atoms with E-state index in [1.807, 2.05) is 37.0 Å².